The highest BCUT2D eigenvalue weighted by Crippen LogP contribution is 2.35. The van der Waals surface area contributed by atoms with Crippen LogP contribution in [0, 0.1) is 0 Å². The van der Waals surface area contributed by atoms with Crippen LogP contribution in [0.2, 0.25) is 0 Å². The van der Waals surface area contributed by atoms with Gasteiger partial charge in [-0.05, 0) is 61.0 Å². The van der Waals surface area contributed by atoms with Crippen LogP contribution in [0.15, 0.2) is 91.0 Å². The van der Waals surface area contributed by atoms with E-state index in [1.54, 1.807) is 29.0 Å². The minimum Gasteiger partial charge on any atom is -0.492 e. The van der Waals surface area contributed by atoms with Gasteiger partial charge in [-0.3, -0.25) is 9.59 Å². The van der Waals surface area contributed by atoms with Crippen molar-refractivity contribution in [3.63, 3.8) is 0 Å². The SMILES string of the molecule is CCCCN(C)C(=O)c1cc(C(=O)N2Cc3ccc(OCCN(C)C)cc3C2)c(OCc2ccccc2)cc1OCc1ccccc1. The van der Waals surface area contributed by atoms with Crippen molar-refractivity contribution >= 4 is 11.8 Å². The van der Waals surface area contributed by atoms with Gasteiger partial charge in [0.25, 0.3) is 11.8 Å². The highest BCUT2D eigenvalue weighted by molar-refractivity contribution is 6.03. The Kier molecular flexibility index (Phi) is 11.5. The van der Waals surface area contributed by atoms with E-state index in [0.29, 0.717) is 48.9 Å². The molecule has 1 aliphatic rings. The Morgan fingerprint density at radius 3 is 1.94 bits per heavy atom. The van der Waals surface area contributed by atoms with E-state index in [0.717, 1.165) is 47.4 Å². The predicted molar refractivity (Wildman–Crippen MR) is 184 cm³/mol. The molecule has 0 radical (unpaired) electrons. The van der Waals surface area contributed by atoms with Crippen LogP contribution in [0.25, 0.3) is 0 Å². The van der Waals surface area contributed by atoms with Gasteiger partial charge in [-0.1, -0.05) is 80.1 Å². The topological polar surface area (TPSA) is 71.6 Å². The molecule has 0 fully saturated rings. The van der Waals surface area contributed by atoms with E-state index in [-0.39, 0.29) is 25.0 Å². The van der Waals surface area contributed by atoms with Crippen LogP contribution < -0.4 is 14.2 Å². The van der Waals surface area contributed by atoms with Crippen molar-refractivity contribution in [2.45, 2.75) is 46.1 Å². The van der Waals surface area contributed by atoms with Crippen molar-refractivity contribution in [1.29, 1.82) is 0 Å². The van der Waals surface area contributed by atoms with Gasteiger partial charge in [0.1, 0.15) is 37.1 Å². The first-order valence-corrected chi connectivity index (χ1v) is 16.3. The number of benzene rings is 4. The third kappa shape index (κ3) is 8.92. The summed E-state index contributed by atoms with van der Waals surface area (Å²) in [6, 6.07) is 29.0. The zero-order valence-corrected chi connectivity index (χ0v) is 27.9. The largest absolute Gasteiger partial charge is 0.492 e. The molecule has 5 rings (SSSR count). The van der Waals surface area contributed by atoms with Crippen molar-refractivity contribution in [2.75, 3.05) is 40.8 Å². The monoisotopic (exact) mass is 635 g/mol. The molecule has 4 aromatic rings. The van der Waals surface area contributed by atoms with Gasteiger partial charge in [-0.25, -0.2) is 0 Å². The van der Waals surface area contributed by atoms with Gasteiger partial charge in [0.15, 0.2) is 0 Å². The minimum absolute atomic E-state index is 0.200. The molecule has 8 heteroatoms. The average molecular weight is 636 g/mol. The summed E-state index contributed by atoms with van der Waals surface area (Å²) in [6.07, 6.45) is 1.84. The van der Waals surface area contributed by atoms with Crippen LogP contribution in [-0.2, 0) is 26.3 Å². The molecule has 0 aromatic heterocycles. The Hall–Kier alpha value is -4.82. The molecule has 47 heavy (non-hydrogen) atoms. The molecule has 0 saturated carbocycles. The van der Waals surface area contributed by atoms with E-state index in [1.807, 2.05) is 93.0 Å². The number of carbonyl (C=O) groups is 2. The molecule has 2 amide bonds. The maximum absolute atomic E-state index is 14.3. The molecule has 1 heterocycles. The van der Waals surface area contributed by atoms with Crippen LogP contribution in [0.5, 0.6) is 17.2 Å². The van der Waals surface area contributed by atoms with E-state index < -0.39 is 0 Å². The fourth-order valence-corrected chi connectivity index (χ4v) is 5.43. The van der Waals surface area contributed by atoms with Gasteiger partial charge >= 0.3 is 0 Å². The van der Waals surface area contributed by atoms with Gasteiger partial charge in [0.05, 0.1) is 11.1 Å². The number of amides is 2. The van der Waals surface area contributed by atoms with Crippen molar-refractivity contribution in [3.8, 4) is 17.2 Å². The van der Waals surface area contributed by atoms with E-state index in [2.05, 4.69) is 11.8 Å². The summed E-state index contributed by atoms with van der Waals surface area (Å²) in [5.41, 5.74) is 4.72. The summed E-state index contributed by atoms with van der Waals surface area (Å²) in [4.78, 5) is 33.8. The number of carbonyl (C=O) groups excluding carboxylic acids is 2. The first kappa shape index (κ1) is 33.5. The molecule has 0 saturated heterocycles. The van der Waals surface area contributed by atoms with Crippen LogP contribution in [0.3, 0.4) is 0 Å². The van der Waals surface area contributed by atoms with E-state index >= 15 is 0 Å². The molecular weight excluding hydrogens is 590 g/mol. The van der Waals surface area contributed by atoms with Crippen LogP contribution in [0.1, 0.15) is 62.7 Å². The molecule has 8 nitrogen and oxygen atoms in total. The zero-order chi connectivity index (χ0) is 33.2. The smallest absolute Gasteiger partial charge is 0.258 e. The van der Waals surface area contributed by atoms with Gasteiger partial charge < -0.3 is 28.9 Å². The van der Waals surface area contributed by atoms with Gasteiger partial charge in [0, 0.05) is 39.3 Å². The number of fused-ring (bicyclic) bond motifs is 1. The zero-order valence-electron chi connectivity index (χ0n) is 27.9. The summed E-state index contributed by atoms with van der Waals surface area (Å²) in [5, 5.41) is 0. The van der Waals surface area contributed by atoms with E-state index in [9.17, 15) is 9.59 Å². The molecule has 0 spiro atoms. The molecule has 0 atom stereocenters. The molecule has 0 aliphatic carbocycles. The third-order valence-corrected chi connectivity index (χ3v) is 8.21. The number of hydrogen-bond acceptors (Lipinski definition) is 6. The summed E-state index contributed by atoms with van der Waals surface area (Å²) >= 11 is 0. The molecule has 0 bridgehead atoms. The Morgan fingerprint density at radius 2 is 1.32 bits per heavy atom. The fraction of sp³-hybridized carbons (Fsp3) is 0.333. The Labute approximate surface area is 278 Å². The van der Waals surface area contributed by atoms with Crippen molar-refractivity contribution < 1.29 is 23.8 Å². The second-order valence-electron chi connectivity index (χ2n) is 12.2. The number of likely N-dealkylation sites (N-methyl/N-ethyl adjacent to an activating group) is 1. The van der Waals surface area contributed by atoms with E-state index in [4.69, 9.17) is 14.2 Å². The first-order valence-electron chi connectivity index (χ1n) is 16.3. The average Bonchev–Trinajstić information content (AvgIpc) is 3.52. The van der Waals surface area contributed by atoms with Crippen molar-refractivity contribution in [1.82, 2.24) is 14.7 Å². The highest BCUT2D eigenvalue weighted by Gasteiger charge is 2.30. The summed E-state index contributed by atoms with van der Waals surface area (Å²) < 4.78 is 18.6. The molecular formula is C39H45N3O5. The fourth-order valence-electron chi connectivity index (χ4n) is 5.43. The second kappa shape index (κ2) is 16.1. The number of ether oxygens (including phenoxy) is 3. The summed E-state index contributed by atoms with van der Waals surface area (Å²) in [5.74, 6) is 1.13. The Bertz CT molecular complexity index is 1640. The standard InChI is InChI=1S/C39H45N3O5/c1-5-6-19-41(4)38(43)34-23-35(39(44)42-25-31-17-18-33(22-32(31)26-42)45-21-20-40(2)3)37(47-28-30-15-11-8-12-16-30)24-36(34)46-27-29-13-9-7-10-14-29/h7-18,22-24H,5-6,19-21,25-28H2,1-4H3. The van der Waals surface area contributed by atoms with Crippen molar-refractivity contribution in [2.24, 2.45) is 0 Å². The van der Waals surface area contributed by atoms with Gasteiger partial charge in [-0.15, -0.1) is 0 Å². The lowest BCUT2D eigenvalue weighted by atomic mass is 10.0. The van der Waals surface area contributed by atoms with Crippen LogP contribution in [-0.4, -0.2) is 67.4 Å². The maximum Gasteiger partial charge on any atom is 0.258 e. The van der Waals surface area contributed by atoms with Gasteiger partial charge in [-0.2, -0.15) is 0 Å². The second-order valence-corrected chi connectivity index (χ2v) is 12.2. The van der Waals surface area contributed by atoms with E-state index in [1.165, 1.54) is 0 Å². The third-order valence-electron chi connectivity index (χ3n) is 8.21. The summed E-state index contributed by atoms with van der Waals surface area (Å²) in [7, 11) is 5.81. The van der Waals surface area contributed by atoms with Crippen LogP contribution in [0.4, 0.5) is 0 Å². The van der Waals surface area contributed by atoms with Crippen molar-refractivity contribution in [3.05, 3.63) is 124 Å². The molecule has 4 aromatic carbocycles. The highest BCUT2D eigenvalue weighted by atomic mass is 16.5. The predicted octanol–water partition coefficient (Wildman–Crippen LogP) is 6.81. The number of hydrogen-bond donors (Lipinski definition) is 0. The lowest BCUT2D eigenvalue weighted by Crippen LogP contribution is -2.30. The summed E-state index contributed by atoms with van der Waals surface area (Å²) in [6.45, 7) is 5.51. The first-order chi connectivity index (χ1) is 22.8. The molecule has 0 N–H and O–H groups in total. The maximum atomic E-state index is 14.3. The quantitative estimate of drug-likeness (QED) is 0.143. The number of rotatable bonds is 15. The minimum atomic E-state index is -0.209. The van der Waals surface area contributed by atoms with Gasteiger partial charge in [0.2, 0.25) is 0 Å². The molecule has 0 unspecified atom stereocenters. The normalized spacial score (nSPS) is 12.1. The van der Waals surface area contributed by atoms with Crippen LogP contribution >= 0.6 is 0 Å². The molecule has 1 aliphatic heterocycles. The number of nitrogens with zero attached hydrogens (tertiary/aromatic N) is 3. The Morgan fingerprint density at radius 1 is 0.702 bits per heavy atom. The molecule has 246 valence electrons. The Balaban J connectivity index is 1.47. The lowest BCUT2D eigenvalue weighted by molar-refractivity contribution is 0.0746. The number of unbranched alkanes of at least 4 members (excludes halogenated alkanes) is 1. The lowest BCUT2D eigenvalue weighted by Gasteiger charge is -2.23.